The quantitative estimate of drug-likeness (QED) is 0.798. The molecule has 0 fully saturated rings. The Morgan fingerprint density at radius 3 is 2.57 bits per heavy atom. The molecule has 0 saturated carbocycles. The highest BCUT2D eigenvalue weighted by atomic mass is 79.9. The standard InChI is InChI=1S/C9H10BrFO2S/c1-7-6-9(10)3-2-8(7)4-5-14(11,12)13/h2-3,6H,4-5H2,1H3. The second kappa shape index (κ2) is 4.40. The van der Waals surface area contributed by atoms with E-state index in [-0.39, 0.29) is 6.42 Å². The molecule has 0 heterocycles. The van der Waals surface area contributed by atoms with E-state index in [0.717, 1.165) is 15.6 Å². The van der Waals surface area contributed by atoms with Gasteiger partial charge in [-0.2, -0.15) is 8.42 Å². The Labute approximate surface area is 91.5 Å². The predicted octanol–water partition coefficient (Wildman–Crippen LogP) is 2.60. The average Bonchev–Trinajstić information content (AvgIpc) is 2.00. The maximum absolute atomic E-state index is 12.2. The molecule has 1 aromatic carbocycles. The van der Waals surface area contributed by atoms with E-state index >= 15 is 0 Å². The van der Waals surface area contributed by atoms with Gasteiger partial charge in [0.25, 0.3) is 0 Å². The normalized spacial score (nSPS) is 11.6. The fourth-order valence-corrected chi connectivity index (χ4v) is 2.11. The monoisotopic (exact) mass is 280 g/mol. The maximum Gasteiger partial charge on any atom is 0.302 e. The fraction of sp³-hybridized carbons (Fsp3) is 0.333. The molecule has 14 heavy (non-hydrogen) atoms. The first-order chi connectivity index (χ1) is 6.38. The van der Waals surface area contributed by atoms with Crippen LogP contribution in [0.3, 0.4) is 0 Å². The van der Waals surface area contributed by atoms with Crippen LogP contribution in [0, 0.1) is 6.92 Å². The first kappa shape index (κ1) is 11.7. The highest BCUT2D eigenvalue weighted by Crippen LogP contribution is 2.16. The number of benzene rings is 1. The van der Waals surface area contributed by atoms with Crippen molar-refractivity contribution >= 4 is 26.2 Å². The number of hydrogen-bond donors (Lipinski definition) is 0. The Balaban J connectivity index is 2.78. The van der Waals surface area contributed by atoms with Crippen LogP contribution in [-0.4, -0.2) is 14.2 Å². The number of hydrogen-bond acceptors (Lipinski definition) is 2. The van der Waals surface area contributed by atoms with Crippen LogP contribution in [0.2, 0.25) is 0 Å². The van der Waals surface area contributed by atoms with Gasteiger partial charge in [0, 0.05) is 4.47 Å². The molecule has 5 heteroatoms. The second-order valence-electron chi connectivity index (χ2n) is 3.06. The first-order valence-corrected chi connectivity index (χ1v) is 6.40. The van der Waals surface area contributed by atoms with Gasteiger partial charge < -0.3 is 0 Å². The topological polar surface area (TPSA) is 34.1 Å². The molecule has 2 nitrogen and oxygen atoms in total. The molecule has 0 N–H and O–H groups in total. The summed E-state index contributed by atoms with van der Waals surface area (Å²) in [6.45, 7) is 1.87. The smallest absolute Gasteiger partial charge is 0.195 e. The van der Waals surface area contributed by atoms with Crippen LogP contribution in [0.15, 0.2) is 22.7 Å². The molecule has 0 unspecified atom stereocenters. The Morgan fingerprint density at radius 1 is 1.43 bits per heavy atom. The van der Waals surface area contributed by atoms with E-state index in [1.54, 1.807) is 6.07 Å². The predicted molar refractivity (Wildman–Crippen MR) is 57.5 cm³/mol. The molecule has 0 aromatic heterocycles. The minimum absolute atomic E-state index is 0.220. The molecule has 0 saturated heterocycles. The number of halogens is 2. The molecular weight excluding hydrogens is 271 g/mol. The van der Waals surface area contributed by atoms with Gasteiger partial charge in [-0.25, -0.2) is 0 Å². The van der Waals surface area contributed by atoms with Gasteiger partial charge in [0.1, 0.15) is 0 Å². The van der Waals surface area contributed by atoms with Crippen molar-refractivity contribution in [3.8, 4) is 0 Å². The summed E-state index contributed by atoms with van der Waals surface area (Å²) in [5.41, 5.74) is 1.82. The zero-order valence-corrected chi connectivity index (χ0v) is 10.0. The third kappa shape index (κ3) is 3.75. The van der Waals surface area contributed by atoms with Gasteiger partial charge in [0.15, 0.2) is 0 Å². The summed E-state index contributed by atoms with van der Waals surface area (Å²) in [6.07, 6.45) is 0.220. The molecule has 0 spiro atoms. The number of rotatable bonds is 3. The van der Waals surface area contributed by atoms with Crippen LogP contribution in [0.4, 0.5) is 3.89 Å². The van der Waals surface area contributed by atoms with Gasteiger partial charge in [-0.05, 0) is 36.6 Å². The Hall–Kier alpha value is -0.420. The van der Waals surface area contributed by atoms with E-state index in [2.05, 4.69) is 15.9 Å². The van der Waals surface area contributed by atoms with Gasteiger partial charge >= 0.3 is 10.2 Å². The minimum Gasteiger partial charge on any atom is -0.195 e. The molecule has 0 bridgehead atoms. The fourth-order valence-electron chi connectivity index (χ4n) is 1.17. The molecule has 0 aliphatic carbocycles. The van der Waals surface area contributed by atoms with Crippen molar-refractivity contribution in [3.63, 3.8) is 0 Å². The first-order valence-electron chi connectivity index (χ1n) is 4.06. The molecule has 0 aliphatic rings. The van der Waals surface area contributed by atoms with E-state index in [1.165, 1.54) is 0 Å². The van der Waals surface area contributed by atoms with Crippen LogP contribution in [-0.2, 0) is 16.6 Å². The SMILES string of the molecule is Cc1cc(Br)ccc1CCS(=O)(=O)F. The van der Waals surface area contributed by atoms with Gasteiger partial charge in [0.05, 0.1) is 5.75 Å². The highest BCUT2D eigenvalue weighted by molar-refractivity contribution is 9.10. The summed E-state index contributed by atoms with van der Waals surface area (Å²) in [4.78, 5) is 0. The Bertz CT molecular complexity index is 428. The third-order valence-corrected chi connectivity index (χ3v) is 3.10. The molecule has 1 rings (SSSR count). The largest absolute Gasteiger partial charge is 0.302 e. The zero-order valence-electron chi connectivity index (χ0n) is 7.63. The summed E-state index contributed by atoms with van der Waals surface area (Å²) in [6, 6.07) is 5.48. The van der Waals surface area contributed by atoms with Crippen LogP contribution in [0.5, 0.6) is 0 Å². The summed E-state index contributed by atoms with van der Waals surface area (Å²) in [5, 5.41) is 0. The maximum atomic E-state index is 12.2. The Morgan fingerprint density at radius 2 is 2.07 bits per heavy atom. The van der Waals surface area contributed by atoms with Crippen molar-refractivity contribution in [2.24, 2.45) is 0 Å². The molecule has 0 aliphatic heterocycles. The summed E-state index contributed by atoms with van der Waals surface area (Å²) >= 11 is 3.29. The summed E-state index contributed by atoms with van der Waals surface area (Å²) in [5.74, 6) is -0.449. The van der Waals surface area contributed by atoms with Crippen LogP contribution >= 0.6 is 15.9 Å². The molecule has 1 aromatic rings. The van der Waals surface area contributed by atoms with Gasteiger partial charge in [0.2, 0.25) is 0 Å². The lowest BCUT2D eigenvalue weighted by Gasteiger charge is -2.04. The highest BCUT2D eigenvalue weighted by Gasteiger charge is 2.08. The van der Waals surface area contributed by atoms with Crippen molar-refractivity contribution in [1.82, 2.24) is 0 Å². The molecule has 78 valence electrons. The van der Waals surface area contributed by atoms with Crippen LogP contribution < -0.4 is 0 Å². The van der Waals surface area contributed by atoms with Crippen molar-refractivity contribution in [3.05, 3.63) is 33.8 Å². The molecule has 0 amide bonds. The van der Waals surface area contributed by atoms with E-state index < -0.39 is 16.0 Å². The molecule has 0 atom stereocenters. The van der Waals surface area contributed by atoms with Crippen molar-refractivity contribution in [1.29, 1.82) is 0 Å². The third-order valence-electron chi connectivity index (χ3n) is 1.92. The average molecular weight is 281 g/mol. The molecule has 0 radical (unpaired) electrons. The van der Waals surface area contributed by atoms with E-state index in [0.29, 0.717) is 0 Å². The van der Waals surface area contributed by atoms with Crippen LogP contribution in [0.1, 0.15) is 11.1 Å². The van der Waals surface area contributed by atoms with Gasteiger partial charge in [-0.1, -0.05) is 22.0 Å². The number of aryl methyl sites for hydroxylation is 2. The zero-order chi connectivity index (χ0) is 10.8. The van der Waals surface area contributed by atoms with Gasteiger partial charge in [-0.3, -0.25) is 0 Å². The van der Waals surface area contributed by atoms with Crippen LogP contribution in [0.25, 0.3) is 0 Å². The minimum atomic E-state index is -4.36. The van der Waals surface area contributed by atoms with Crippen molar-refractivity contribution in [2.75, 3.05) is 5.75 Å². The Kier molecular flexibility index (Phi) is 3.66. The lowest BCUT2D eigenvalue weighted by Crippen LogP contribution is -2.03. The van der Waals surface area contributed by atoms with Crippen molar-refractivity contribution in [2.45, 2.75) is 13.3 Å². The van der Waals surface area contributed by atoms with E-state index in [9.17, 15) is 12.3 Å². The second-order valence-corrected chi connectivity index (χ2v) is 5.47. The van der Waals surface area contributed by atoms with Gasteiger partial charge in [-0.15, -0.1) is 3.89 Å². The summed E-state index contributed by atoms with van der Waals surface area (Å²) in [7, 11) is -4.36. The lowest BCUT2D eigenvalue weighted by atomic mass is 10.1. The summed E-state index contributed by atoms with van der Waals surface area (Å²) < 4.78 is 33.8. The lowest BCUT2D eigenvalue weighted by molar-refractivity contribution is 0.551. The van der Waals surface area contributed by atoms with E-state index in [4.69, 9.17) is 0 Å². The van der Waals surface area contributed by atoms with Crippen molar-refractivity contribution < 1.29 is 12.3 Å². The van der Waals surface area contributed by atoms with E-state index in [1.807, 2.05) is 19.1 Å². The molecular formula is C9H10BrFO2S.